The van der Waals surface area contributed by atoms with Crippen LogP contribution >= 0.6 is 0 Å². The van der Waals surface area contributed by atoms with Crippen LogP contribution in [0.2, 0.25) is 0 Å². The first-order valence-electron chi connectivity index (χ1n) is 10.4. The molecule has 160 valence electrons. The third-order valence-electron chi connectivity index (χ3n) is 5.57. The SMILES string of the molecule is COc1ccc(C(=O)C2CCN(C(=O)NC(C)Cc3cccc(OC)c3)CC2)cc1. The van der Waals surface area contributed by atoms with Gasteiger partial charge in [-0.1, -0.05) is 12.1 Å². The van der Waals surface area contributed by atoms with Gasteiger partial charge in [-0.3, -0.25) is 4.79 Å². The van der Waals surface area contributed by atoms with E-state index in [2.05, 4.69) is 5.32 Å². The molecule has 30 heavy (non-hydrogen) atoms. The van der Waals surface area contributed by atoms with E-state index in [1.807, 2.05) is 31.2 Å². The van der Waals surface area contributed by atoms with Crippen molar-refractivity contribution in [1.29, 1.82) is 0 Å². The van der Waals surface area contributed by atoms with Crippen molar-refractivity contribution < 1.29 is 19.1 Å². The summed E-state index contributed by atoms with van der Waals surface area (Å²) in [7, 11) is 3.25. The van der Waals surface area contributed by atoms with Crippen molar-refractivity contribution in [2.24, 2.45) is 5.92 Å². The number of hydrogen-bond donors (Lipinski definition) is 1. The monoisotopic (exact) mass is 410 g/mol. The Kier molecular flexibility index (Phi) is 7.33. The number of piperidine rings is 1. The lowest BCUT2D eigenvalue weighted by molar-refractivity contribution is 0.0853. The number of ether oxygens (including phenoxy) is 2. The Bertz CT molecular complexity index is 858. The van der Waals surface area contributed by atoms with E-state index >= 15 is 0 Å². The van der Waals surface area contributed by atoms with Crippen LogP contribution in [-0.4, -0.2) is 50.1 Å². The minimum absolute atomic E-state index is 0.00302. The highest BCUT2D eigenvalue weighted by Crippen LogP contribution is 2.23. The van der Waals surface area contributed by atoms with Crippen LogP contribution in [0.15, 0.2) is 48.5 Å². The Hall–Kier alpha value is -3.02. The molecule has 1 N–H and O–H groups in total. The van der Waals surface area contributed by atoms with Gasteiger partial charge in [0, 0.05) is 30.6 Å². The highest BCUT2D eigenvalue weighted by atomic mass is 16.5. The molecular weight excluding hydrogens is 380 g/mol. The third kappa shape index (κ3) is 5.53. The largest absolute Gasteiger partial charge is 0.497 e. The van der Waals surface area contributed by atoms with Crippen molar-refractivity contribution in [3.8, 4) is 11.5 Å². The van der Waals surface area contributed by atoms with Gasteiger partial charge in [0.05, 0.1) is 14.2 Å². The number of rotatable bonds is 7. The molecule has 3 rings (SSSR count). The molecule has 2 amide bonds. The van der Waals surface area contributed by atoms with Crippen LogP contribution in [0.5, 0.6) is 11.5 Å². The van der Waals surface area contributed by atoms with Crippen molar-refractivity contribution in [3.05, 3.63) is 59.7 Å². The summed E-state index contributed by atoms with van der Waals surface area (Å²) < 4.78 is 10.4. The van der Waals surface area contributed by atoms with Crippen molar-refractivity contribution in [2.45, 2.75) is 32.2 Å². The molecule has 1 aliphatic heterocycles. The Morgan fingerprint density at radius 2 is 1.70 bits per heavy atom. The molecule has 6 heteroatoms. The summed E-state index contributed by atoms with van der Waals surface area (Å²) >= 11 is 0. The summed E-state index contributed by atoms with van der Waals surface area (Å²) in [6, 6.07) is 15.0. The van der Waals surface area contributed by atoms with Gasteiger partial charge in [0.25, 0.3) is 0 Å². The standard InChI is InChI=1S/C24H30N2O4/c1-17(15-18-5-4-6-22(16-18)30-3)25-24(28)26-13-11-20(12-14-26)23(27)19-7-9-21(29-2)10-8-19/h4-10,16-17,20H,11-15H2,1-3H3,(H,25,28). The Labute approximate surface area is 178 Å². The molecule has 0 spiro atoms. The van der Waals surface area contributed by atoms with Crippen molar-refractivity contribution in [1.82, 2.24) is 10.2 Å². The lowest BCUT2D eigenvalue weighted by Crippen LogP contribution is -2.48. The second kappa shape index (κ2) is 10.1. The van der Waals surface area contributed by atoms with Gasteiger partial charge in [-0.25, -0.2) is 4.79 Å². The van der Waals surface area contributed by atoms with Crippen LogP contribution < -0.4 is 14.8 Å². The normalized spacial score (nSPS) is 15.4. The van der Waals surface area contributed by atoms with Gasteiger partial charge < -0.3 is 19.7 Å². The Morgan fingerprint density at radius 3 is 2.33 bits per heavy atom. The molecule has 1 saturated heterocycles. The summed E-state index contributed by atoms with van der Waals surface area (Å²) in [6.45, 7) is 3.17. The molecule has 1 heterocycles. The molecule has 1 atom stereocenters. The molecule has 0 aliphatic carbocycles. The molecule has 1 aliphatic rings. The number of urea groups is 1. The van der Waals surface area contributed by atoms with E-state index in [9.17, 15) is 9.59 Å². The molecule has 2 aromatic rings. The molecule has 6 nitrogen and oxygen atoms in total. The van der Waals surface area contributed by atoms with E-state index in [0.717, 1.165) is 23.5 Å². The van der Waals surface area contributed by atoms with Gasteiger partial charge in [0.2, 0.25) is 0 Å². The number of amides is 2. The van der Waals surface area contributed by atoms with E-state index in [1.165, 1.54) is 0 Å². The van der Waals surface area contributed by atoms with Crippen molar-refractivity contribution >= 4 is 11.8 Å². The molecule has 1 unspecified atom stereocenters. The number of likely N-dealkylation sites (tertiary alicyclic amines) is 1. The first-order chi connectivity index (χ1) is 14.5. The van der Waals surface area contributed by atoms with Crippen molar-refractivity contribution in [3.63, 3.8) is 0 Å². The number of methoxy groups -OCH3 is 2. The number of nitrogens with zero attached hydrogens (tertiary/aromatic N) is 1. The van der Waals surface area contributed by atoms with Gasteiger partial charge in [-0.05, 0) is 68.1 Å². The Morgan fingerprint density at radius 1 is 1.03 bits per heavy atom. The van der Waals surface area contributed by atoms with Crippen LogP contribution in [0.4, 0.5) is 4.79 Å². The summed E-state index contributed by atoms with van der Waals surface area (Å²) in [5.74, 6) is 1.65. The molecule has 0 radical (unpaired) electrons. The average molecular weight is 411 g/mol. The lowest BCUT2D eigenvalue weighted by atomic mass is 9.89. The van der Waals surface area contributed by atoms with Crippen LogP contribution in [0.25, 0.3) is 0 Å². The van der Waals surface area contributed by atoms with E-state index in [1.54, 1.807) is 43.4 Å². The number of hydrogen-bond acceptors (Lipinski definition) is 4. The second-order valence-corrected chi connectivity index (χ2v) is 7.76. The molecule has 0 saturated carbocycles. The highest BCUT2D eigenvalue weighted by Gasteiger charge is 2.28. The number of Topliss-reactive ketones (excluding diaryl/α,β-unsaturated/α-hetero) is 1. The van der Waals surface area contributed by atoms with Gasteiger partial charge in [0.15, 0.2) is 5.78 Å². The van der Waals surface area contributed by atoms with E-state index < -0.39 is 0 Å². The fourth-order valence-corrected chi connectivity index (χ4v) is 3.84. The zero-order valence-corrected chi connectivity index (χ0v) is 17.9. The van der Waals surface area contributed by atoms with Gasteiger partial charge in [0.1, 0.15) is 11.5 Å². The molecular formula is C24H30N2O4. The lowest BCUT2D eigenvalue weighted by Gasteiger charge is -2.32. The predicted molar refractivity (Wildman–Crippen MR) is 116 cm³/mol. The number of ketones is 1. The molecule has 2 aromatic carbocycles. The van der Waals surface area contributed by atoms with Crippen LogP contribution in [0, 0.1) is 5.92 Å². The zero-order valence-electron chi connectivity index (χ0n) is 17.9. The number of nitrogens with one attached hydrogen (secondary N) is 1. The Balaban J connectivity index is 1.47. The summed E-state index contributed by atoms with van der Waals surface area (Å²) in [5, 5.41) is 3.07. The maximum absolute atomic E-state index is 12.7. The van der Waals surface area contributed by atoms with Gasteiger partial charge in [-0.15, -0.1) is 0 Å². The summed E-state index contributed by atoms with van der Waals surface area (Å²) in [4.78, 5) is 27.2. The quantitative estimate of drug-likeness (QED) is 0.702. The maximum atomic E-state index is 12.7. The molecule has 1 fully saturated rings. The van der Waals surface area contributed by atoms with Crippen LogP contribution in [-0.2, 0) is 6.42 Å². The third-order valence-corrected chi connectivity index (χ3v) is 5.57. The topological polar surface area (TPSA) is 67.9 Å². The molecule has 0 bridgehead atoms. The average Bonchev–Trinajstić information content (AvgIpc) is 2.78. The van der Waals surface area contributed by atoms with Crippen molar-refractivity contribution in [2.75, 3.05) is 27.3 Å². The number of carbonyl (C=O) groups excluding carboxylic acids is 2. The van der Waals surface area contributed by atoms with Gasteiger partial charge in [-0.2, -0.15) is 0 Å². The zero-order chi connectivity index (χ0) is 21.5. The van der Waals surface area contributed by atoms with E-state index in [0.29, 0.717) is 31.5 Å². The minimum atomic E-state index is -0.0688. The van der Waals surface area contributed by atoms with Crippen LogP contribution in [0.1, 0.15) is 35.7 Å². The van der Waals surface area contributed by atoms with Gasteiger partial charge >= 0.3 is 6.03 Å². The predicted octanol–water partition coefficient (Wildman–Crippen LogP) is 3.94. The van der Waals surface area contributed by atoms with Crippen LogP contribution in [0.3, 0.4) is 0 Å². The summed E-state index contributed by atoms with van der Waals surface area (Å²) in [5.41, 5.74) is 1.82. The molecule has 0 aromatic heterocycles. The summed E-state index contributed by atoms with van der Waals surface area (Å²) in [6.07, 6.45) is 2.10. The fourth-order valence-electron chi connectivity index (χ4n) is 3.84. The van der Waals surface area contributed by atoms with E-state index in [-0.39, 0.29) is 23.8 Å². The maximum Gasteiger partial charge on any atom is 0.317 e. The number of carbonyl (C=O) groups is 2. The van der Waals surface area contributed by atoms with E-state index in [4.69, 9.17) is 9.47 Å². The minimum Gasteiger partial charge on any atom is -0.497 e. The highest BCUT2D eigenvalue weighted by molar-refractivity contribution is 5.98. The first-order valence-corrected chi connectivity index (χ1v) is 10.4. The number of benzene rings is 2. The second-order valence-electron chi connectivity index (χ2n) is 7.76. The first kappa shape index (κ1) is 21.7. The smallest absolute Gasteiger partial charge is 0.317 e. The fraction of sp³-hybridized carbons (Fsp3) is 0.417.